The third-order valence-electron chi connectivity index (χ3n) is 3.47. The van der Waals surface area contributed by atoms with Gasteiger partial charge in [-0.15, -0.1) is 0 Å². The van der Waals surface area contributed by atoms with Crippen LogP contribution in [0.4, 0.5) is 11.4 Å². The Kier molecular flexibility index (Phi) is 4.69. The molecular weight excluding hydrogens is 292 g/mol. The molecule has 21 heavy (non-hydrogen) atoms. The molecule has 0 spiro atoms. The highest BCUT2D eigenvalue weighted by molar-refractivity contribution is 7.89. The lowest BCUT2D eigenvalue weighted by Crippen LogP contribution is -2.33. The Balaban J connectivity index is 2.02. The fraction of sp³-hybridized carbons (Fsp3) is 0.462. The van der Waals surface area contributed by atoms with Gasteiger partial charge in [-0.05, 0) is 38.1 Å². The second kappa shape index (κ2) is 6.31. The largest absolute Gasteiger partial charge is 0.398 e. The Hall–Kier alpha value is -1.80. The predicted molar refractivity (Wildman–Crippen MR) is 81.4 cm³/mol. The molecule has 1 saturated heterocycles. The zero-order valence-corrected chi connectivity index (χ0v) is 12.7. The molecule has 0 saturated carbocycles. The second-order valence-electron chi connectivity index (χ2n) is 4.90. The van der Waals surface area contributed by atoms with Gasteiger partial charge in [0.1, 0.15) is 4.90 Å². The topological polar surface area (TPSA) is 105 Å². The predicted octanol–water partition coefficient (Wildman–Crippen LogP) is 0.211. The van der Waals surface area contributed by atoms with Crippen molar-refractivity contribution in [3.8, 4) is 0 Å². The number of rotatable bonds is 5. The van der Waals surface area contributed by atoms with Crippen LogP contribution in [0.5, 0.6) is 0 Å². The molecule has 7 nitrogen and oxygen atoms in total. The van der Waals surface area contributed by atoms with Crippen LogP contribution in [0.1, 0.15) is 12.8 Å². The normalized spacial score (nSPS) is 15.2. The van der Waals surface area contributed by atoms with Gasteiger partial charge in [0.05, 0.1) is 12.2 Å². The maximum absolute atomic E-state index is 11.9. The van der Waals surface area contributed by atoms with E-state index in [2.05, 4.69) is 10.0 Å². The molecule has 0 atom stereocenters. The molecule has 4 N–H and O–H groups in total. The third kappa shape index (κ3) is 3.64. The van der Waals surface area contributed by atoms with Crippen LogP contribution >= 0.6 is 0 Å². The monoisotopic (exact) mass is 312 g/mol. The first-order valence-electron chi connectivity index (χ1n) is 6.79. The van der Waals surface area contributed by atoms with Crippen molar-refractivity contribution < 1.29 is 13.2 Å². The fourth-order valence-electron chi connectivity index (χ4n) is 2.27. The minimum atomic E-state index is -3.57. The van der Waals surface area contributed by atoms with Gasteiger partial charge in [-0.1, -0.05) is 0 Å². The lowest BCUT2D eigenvalue weighted by atomic mass is 10.3. The number of anilines is 2. The summed E-state index contributed by atoms with van der Waals surface area (Å²) in [6.45, 7) is 1.79. The zero-order chi connectivity index (χ0) is 15.5. The van der Waals surface area contributed by atoms with Crippen molar-refractivity contribution in [1.29, 1.82) is 0 Å². The summed E-state index contributed by atoms with van der Waals surface area (Å²) in [5, 5.41) is 2.97. The van der Waals surface area contributed by atoms with E-state index in [0.29, 0.717) is 5.69 Å². The maximum atomic E-state index is 11.9. The van der Waals surface area contributed by atoms with Gasteiger partial charge < -0.3 is 16.0 Å². The summed E-state index contributed by atoms with van der Waals surface area (Å²) in [7, 11) is -2.24. The number of hydrogen-bond donors (Lipinski definition) is 3. The van der Waals surface area contributed by atoms with Crippen molar-refractivity contribution in [2.75, 3.05) is 37.7 Å². The van der Waals surface area contributed by atoms with E-state index >= 15 is 0 Å². The van der Waals surface area contributed by atoms with Gasteiger partial charge in [-0.25, -0.2) is 13.1 Å². The number of sulfonamides is 1. The minimum Gasteiger partial charge on any atom is -0.398 e. The highest BCUT2D eigenvalue weighted by Crippen LogP contribution is 2.22. The summed E-state index contributed by atoms with van der Waals surface area (Å²) in [4.78, 5) is 13.7. The van der Waals surface area contributed by atoms with Crippen LogP contribution in [0, 0.1) is 0 Å². The van der Waals surface area contributed by atoms with E-state index in [1.165, 1.54) is 19.2 Å². The molecule has 0 radical (unpaired) electrons. The first-order valence-corrected chi connectivity index (χ1v) is 8.27. The van der Waals surface area contributed by atoms with E-state index < -0.39 is 10.0 Å². The lowest BCUT2D eigenvalue weighted by molar-refractivity contribution is -0.128. The van der Waals surface area contributed by atoms with Crippen LogP contribution in [0.25, 0.3) is 0 Å². The molecule has 0 aliphatic carbocycles. The van der Waals surface area contributed by atoms with Gasteiger partial charge in [-0.2, -0.15) is 0 Å². The van der Waals surface area contributed by atoms with Crippen molar-refractivity contribution in [2.24, 2.45) is 0 Å². The fourth-order valence-corrected chi connectivity index (χ4v) is 3.11. The average Bonchev–Trinajstić information content (AvgIpc) is 2.98. The molecule has 1 aromatic rings. The molecule has 116 valence electrons. The Morgan fingerprint density at radius 3 is 2.57 bits per heavy atom. The van der Waals surface area contributed by atoms with Crippen LogP contribution in [0.3, 0.4) is 0 Å². The smallest absolute Gasteiger partial charge is 0.242 e. The molecule has 0 unspecified atom stereocenters. The van der Waals surface area contributed by atoms with Crippen LogP contribution in [0.2, 0.25) is 0 Å². The van der Waals surface area contributed by atoms with E-state index in [9.17, 15) is 13.2 Å². The molecule has 1 aliphatic rings. The highest BCUT2D eigenvalue weighted by Gasteiger charge is 2.18. The van der Waals surface area contributed by atoms with Crippen LogP contribution < -0.4 is 15.8 Å². The number of likely N-dealkylation sites (tertiary alicyclic amines) is 1. The number of benzene rings is 1. The summed E-state index contributed by atoms with van der Waals surface area (Å²) in [5.41, 5.74) is 6.52. The number of carbonyl (C=O) groups excluding carboxylic acids is 1. The number of nitrogens with zero attached hydrogens (tertiary/aromatic N) is 1. The van der Waals surface area contributed by atoms with Gasteiger partial charge in [-0.3, -0.25) is 4.79 Å². The first-order chi connectivity index (χ1) is 9.94. The first kappa shape index (κ1) is 15.6. The SMILES string of the molecule is CNS(=O)(=O)c1ccc(NCC(=O)N2CCCC2)cc1N. The summed E-state index contributed by atoms with van der Waals surface area (Å²) in [5.74, 6) is 0.0398. The van der Waals surface area contributed by atoms with Crippen molar-refractivity contribution in [3.63, 3.8) is 0 Å². The summed E-state index contributed by atoms with van der Waals surface area (Å²) >= 11 is 0. The molecule has 1 amide bonds. The molecule has 1 heterocycles. The quantitative estimate of drug-likeness (QED) is 0.674. The number of carbonyl (C=O) groups is 1. The van der Waals surface area contributed by atoms with Crippen molar-refractivity contribution in [1.82, 2.24) is 9.62 Å². The number of nitrogens with two attached hydrogens (primary N) is 1. The van der Waals surface area contributed by atoms with Crippen molar-refractivity contribution in [2.45, 2.75) is 17.7 Å². The molecule has 8 heteroatoms. The van der Waals surface area contributed by atoms with E-state index in [4.69, 9.17) is 5.73 Å². The molecule has 1 aliphatic heterocycles. The van der Waals surface area contributed by atoms with Crippen LogP contribution in [0.15, 0.2) is 23.1 Å². The van der Waals surface area contributed by atoms with E-state index in [-0.39, 0.29) is 23.0 Å². The number of amides is 1. The molecule has 0 bridgehead atoms. The highest BCUT2D eigenvalue weighted by atomic mass is 32.2. The van der Waals surface area contributed by atoms with Gasteiger partial charge in [0.15, 0.2) is 0 Å². The standard InChI is InChI=1S/C13H20N4O3S/c1-15-21(19,20)12-5-4-10(8-11(12)14)16-9-13(18)17-6-2-3-7-17/h4-5,8,15-16H,2-3,6-7,9,14H2,1H3. The van der Waals surface area contributed by atoms with Crippen molar-refractivity contribution in [3.05, 3.63) is 18.2 Å². The number of nitrogen functional groups attached to an aromatic ring is 1. The van der Waals surface area contributed by atoms with Crippen LogP contribution in [-0.2, 0) is 14.8 Å². The second-order valence-corrected chi connectivity index (χ2v) is 6.76. The lowest BCUT2D eigenvalue weighted by Gasteiger charge is -2.16. The van der Waals surface area contributed by atoms with Gasteiger partial charge >= 0.3 is 0 Å². The molecule has 1 aromatic carbocycles. The summed E-state index contributed by atoms with van der Waals surface area (Å²) < 4.78 is 25.6. The average molecular weight is 312 g/mol. The Bertz CT molecular complexity index is 624. The van der Waals surface area contributed by atoms with Crippen LogP contribution in [-0.4, -0.2) is 45.9 Å². The van der Waals surface area contributed by atoms with E-state index in [1.807, 2.05) is 4.90 Å². The van der Waals surface area contributed by atoms with Crippen molar-refractivity contribution >= 4 is 27.3 Å². The maximum Gasteiger partial charge on any atom is 0.242 e. The summed E-state index contributed by atoms with van der Waals surface area (Å²) in [6.07, 6.45) is 2.10. The molecular formula is C13H20N4O3S. The molecule has 0 aromatic heterocycles. The van der Waals surface area contributed by atoms with E-state index in [0.717, 1.165) is 25.9 Å². The molecule has 2 rings (SSSR count). The summed E-state index contributed by atoms with van der Waals surface area (Å²) in [6, 6.07) is 4.53. The van der Waals surface area contributed by atoms with E-state index in [1.54, 1.807) is 6.07 Å². The molecule has 1 fully saturated rings. The van der Waals surface area contributed by atoms with Gasteiger partial charge in [0, 0.05) is 18.8 Å². The Labute approximate surface area is 124 Å². The Morgan fingerprint density at radius 2 is 2.00 bits per heavy atom. The third-order valence-corrected chi connectivity index (χ3v) is 4.96. The van der Waals surface area contributed by atoms with Gasteiger partial charge in [0.2, 0.25) is 15.9 Å². The van der Waals surface area contributed by atoms with Gasteiger partial charge in [0.25, 0.3) is 0 Å². The number of nitrogens with one attached hydrogen (secondary N) is 2. The Morgan fingerprint density at radius 1 is 1.33 bits per heavy atom. The minimum absolute atomic E-state index is 0.0291. The number of hydrogen-bond acceptors (Lipinski definition) is 5. The zero-order valence-electron chi connectivity index (χ0n) is 11.9.